The summed E-state index contributed by atoms with van der Waals surface area (Å²) in [5.74, 6) is 0.761. The first-order valence-electron chi connectivity index (χ1n) is 8.58. The van der Waals surface area contributed by atoms with Crippen LogP contribution in [0.15, 0.2) is 58.4 Å². The monoisotopic (exact) mass is 374 g/mol. The van der Waals surface area contributed by atoms with E-state index in [9.17, 15) is 8.42 Å². The van der Waals surface area contributed by atoms with E-state index in [1.165, 1.54) is 23.3 Å². The molecule has 6 nitrogen and oxygen atoms in total. The number of guanidine groups is 1. The molecule has 0 aliphatic rings. The summed E-state index contributed by atoms with van der Waals surface area (Å²) in [5.41, 5.74) is 3.45. The molecule has 0 heterocycles. The van der Waals surface area contributed by atoms with Gasteiger partial charge in [-0.2, -0.15) is 0 Å². The van der Waals surface area contributed by atoms with Gasteiger partial charge in [0.25, 0.3) is 0 Å². The second kappa shape index (κ2) is 9.35. The summed E-state index contributed by atoms with van der Waals surface area (Å²) in [6.45, 7) is 6.19. The van der Waals surface area contributed by atoms with E-state index >= 15 is 0 Å². The third kappa shape index (κ3) is 6.16. The van der Waals surface area contributed by atoms with Crippen LogP contribution in [0.2, 0.25) is 0 Å². The molecule has 0 saturated carbocycles. The Kier molecular flexibility index (Phi) is 7.17. The number of aryl methyl sites for hydroxylation is 1. The highest BCUT2D eigenvalue weighted by Crippen LogP contribution is 2.09. The van der Waals surface area contributed by atoms with Crippen LogP contribution in [0, 0.1) is 6.92 Å². The molecule has 4 N–H and O–H groups in total. The van der Waals surface area contributed by atoms with Gasteiger partial charge in [-0.3, -0.25) is 0 Å². The Hall–Kier alpha value is -2.38. The fourth-order valence-electron chi connectivity index (χ4n) is 2.46. The van der Waals surface area contributed by atoms with Crippen molar-refractivity contribution in [2.75, 3.05) is 13.1 Å². The zero-order valence-electron chi connectivity index (χ0n) is 15.2. The van der Waals surface area contributed by atoms with Gasteiger partial charge in [-0.1, -0.05) is 36.4 Å². The van der Waals surface area contributed by atoms with Crippen LogP contribution in [0.4, 0.5) is 0 Å². The van der Waals surface area contributed by atoms with E-state index in [-0.39, 0.29) is 4.90 Å². The molecule has 2 aromatic carbocycles. The Balaban J connectivity index is 1.92. The molecule has 2 rings (SSSR count). The Bertz CT molecular complexity index is 846. The molecule has 26 heavy (non-hydrogen) atoms. The maximum absolute atomic E-state index is 11.3. The van der Waals surface area contributed by atoms with Crippen LogP contribution in [0.3, 0.4) is 0 Å². The molecule has 0 unspecified atom stereocenters. The molecule has 0 radical (unpaired) electrons. The number of nitrogens with one attached hydrogen (secondary N) is 2. The maximum atomic E-state index is 11.3. The van der Waals surface area contributed by atoms with E-state index < -0.39 is 10.0 Å². The molecule has 140 valence electrons. The molecule has 0 aliphatic heterocycles. The van der Waals surface area contributed by atoms with Gasteiger partial charge in [-0.15, -0.1) is 0 Å². The van der Waals surface area contributed by atoms with Crippen LogP contribution in [0.25, 0.3) is 0 Å². The molecular weight excluding hydrogens is 348 g/mol. The molecule has 0 aromatic heterocycles. The third-order valence-electron chi connectivity index (χ3n) is 3.97. The average Bonchev–Trinajstić information content (AvgIpc) is 2.60. The van der Waals surface area contributed by atoms with Gasteiger partial charge < -0.3 is 10.6 Å². The topological polar surface area (TPSA) is 96.6 Å². The maximum Gasteiger partial charge on any atom is 0.238 e. The van der Waals surface area contributed by atoms with Crippen molar-refractivity contribution in [3.8, 4) is 0 Å². The lowest BCUT2D eigenvalue weighted by Gasteiger charge is -2.12. The number of aliphatic imine (C=N–C) groups is 1. The average molecular weight is 375 g/mol. The quantitative estimate of drug-likeness (QED) is 0.510. The van der Waals surface area contributed by atoms with Crippen LogP contribution in [0.1, 0.15) is 23.6 Å². The predicted octanol–water partition coefficient (Wildman–Crippen LogP) is 1.94. The van der Waals surface area contributed by atoms with E-state index in [1.54, 1.807) is 12.1 Å². The molecule has 0 atom stereocenters. The van der Waals surface area contributed by atoms with Crippen molar-refractivity contribution in [1.29, 1.82) is 0 Å². The van der Waals surface area contributed by atoms with Crippen molar-refractivity contribution >= 4 is 16.0 Å². The van der Waals surface area contributed by atoms with Crippen molar-refractivity contribution in [2.45, 2.75) is 31.7 Å². The van der Waals surface area contributed by atoms with E-state index in [1.807, 2.05) is 19.1 Å². The number of rotatable bonds is 7. The smallest absolute Gasteiger partial charge is 0.238 e. The van der Waals surface area contributed by atoms with Gasteiger partial charge in [-0.05, 0) is 49.1 Å². The van der Waals surface area contributed by atoms with Gasteiger partial charge in [-0.25, -0.2) is 18.5 Å². The molecule has 0 spiro atoms. The van der Waals surface area contributed by atoms with E-state index in [2.05, 4.69) is 34.7 Å². The number of hydrogen-bond acceptors (Lipinski definition) is 3. The molecule has 0 bridgehead atoms. The number of primary sulfonamides is 1. The van der Waals surface area contributed by atoms with Crippen molar-refractivity contribution in [1.82, 2.24) is 10.6 Å². The lowest BCUT2D eigenvalue weighted by molar-refractivity contribution is 0.598. The van der Waals surface area contributed by atoms with Gasteiger partial charge in [0.2, 0.25) is 10.0 Å². The van der Waals surface area contributed by atoms with Crippen LogP contribution in [-0.2, 0) is 23.0 Å². The minimum Gasteiger partial charge on any atom is -0.357 e. The zero-order chi connectivity index (χ0) is 19.0. The van der Waals surface area contributed by atoms with Crippen LogP contribution < -0.4 is 15.8 Å². The predicted molar refractivity (Wildman–Crippen MR) is 106 cm³/mol. The Morgan fingerprint density at radius 3 is 2.38 bits per heavy atom. The molecule has 0 aliphatic carbocycles. The van der Waals surface area contributed by atoms with Crippen LogP contribution in [0.5, 0.6) is 0 Å². The lowest BCUT2D eigenvalue weighted by atomic mass is 10.1. The number of nitrogens with two attached hydrogens (primary N) is 1. The first-order valence-corrected chi connectivity index (χ1v) is 10.1. The van der Waals surface area contributed by atoms with Gasteiger partial charge in [0, 0.05) is 13.1 Å². The highest BCUT2D eigenvalue weighted by molar-refractivity contribution is 7.89. The Labute approximate surface area is 155 Å². The zero-order valence-corrected chi connectivity index (χ0v) is 16.0. The fourth-order valence-corrected chi connectivity index (χ4v) is 2.98. The summed E-state index contributed by atoms with van der Waals surface area (Å²) in [4.78, 5) is 4.75. The first-order chi connectivity index (χ1) is 12.4. The SMILES string of the molecule is CCNC(=NCc1ccccc1C)NCCc1ccc(S(N)(=O)=O)cc1. The number of sulfonamides is 1. The van der Waals surface area contributed by atoms with E-state index in [0.29, 0.717) is 13.1 Å². The van der Waals surface area contributed by atoms with Crippen molar-refractivity contribution in [3.63, 3.8) is 0 Å². The van der Waals surface area contributed by atoms with Crippen molar-refractivity contribution < 1.29 is 8.42 Å². The largest absolute Gasteiger partial charge is 0.357 e. The Morgan fingerprint density at radius 2 is 1.77 bits per heavy atom. The summed E-state index contributed by atoms with van der Waals surface area (Å²) in [7, 11) is -3.64. The molecule has 0 saturated heterocycles. The van der Waals surface area contributed by atoms with Gasteiger partial charge in [0.1, 0.15) is 0 Å². The molecule has 0 amide bonds. The molecule has 0 fully saturated rings. The van der Waals surface area contributed by atoms with Gasteiger partial charge >= 0.3 is 0 Å². The number of benzene rings is 2. The van der Waals surface area contributed by atoms with Gasteiger partial charge in [0.15, 0.2) is 5.96 Å². The minimum absolute atomic E-state index is 0.127. The van der Waals surface area contributed by atoms with Crippen LogP contribution in [-0.4, -0.2) is 27.5 Å². The second-order valence-corrected chi connectivity index (χ2v) is 7.55. The summed E-state index contributed by atoms with van der Waals surface area (Å²) < 4.78 is 22.5. The standard InChI is InChI=1S/C19H26N4O2S/c1-3-21-19(23-14-17-7-5-4-6-15(17)2)22-13-12-16-8-10-18(11-9-16)26(20,24)25/h4-11H,3,12-14H2,1-2H3,(H2,20,24,25)(H2,21,22,23). The van der Waals surface area contributed by atoms with E-state index in [0.717, 1.165) is 24.5 Å². The molecule has 2 aromatic rings. The third-order valence-corrected chi connectivity index (χ3v) is 4.90. The number of hydrogen-bond donors (Lipinski definition) is 3. The summed E-state index contributed by atoms with van der Waals surface area (Å²) in [5, 5.41) is 11.6. The summed E-state index contributed by atoms with van der Waals surface area (Å²) >= 11 is 0. The Morgan fingerprint density at radius 1 is 1.08 bits per heavy atom. The first kappa shape index (κ1) is 19.9. The highest BCUT2D eigenvalue weighted by atomic mass is 32.2. The van der Waals surface area contributed by atoms with Crippen LogP contribution >= 0.6 is 0 Å². The second-order valence-electron chi connectivity index (χ2n) is 5.99. The lowest BCUT2D eigenvalue weighted by Crippen LogP contribution is -2.38. The molecular formula is C19H26N4O2S. The van der Waals surface area contributed by atoms with Crippen molar-refractivity contribution in [2.24, 2.45) is 10.1 Å². The fraction of sp³-hybridized carbons (Fsp3) is 0.316. The molecule has 7 heteroatoms. The summed E-state index contributed by atoms with van der Waals surface area (Å²) in [6.07, 6.45) is 0.750. The van der Waals surface area contributed by atoms with Gasteiger partial charge in [0.05, 0.1) is 11.4 Å². The minimum atomic E-state index is -3.64. The normalized spacial score (nSPS) is 12.0. The number of nitrogens with zero attached hydrogens (tertiary/aromatic N) is 1. The van der Waals surface area contributed by atoms with E-state index in [4.69, 9.17) is 5.14 Å². The highest BCUT2D eigenvalue weighted by Gasteiger charge is 2.06. The van der Waals surface area contributed by atoms with Crippen molar-refractivity contribution in [3.05, 3.63) is 65.2 Å². The summed E-state index contributed by atoms with van der Waals surface area (Å²) in [6, 6.07) is 14.8.